The first kappa shape index (κ1) is 15.8. The van der Waals surface area contributed by atoms with Crippen LogP contribution in [0.4, 0.5) is 5.82 Å². The van der Waals surface area contributed by atoms with Crippen LogP contribution in [0.15, 0.2) is 28.9 Å². The third-order valence-corrected chi connectivity index (χ3v) is 5.96. The molecule has 1 atom stereocenters. The lowest BCUT2D eigenvalue weighted by atomic mass is 10.0. The van der Waals surface area contributed by atoms with Gasteiger partial charge >= 0.3 is 0 Å². The maximum Gasteiger partial charge on any atom is 0.189 e. The Morgan fingerprint density at radius 3 is 2.77 bits per heavy atom. The van der Waals surface area contributed by atoms with Crippen LogP contribution in [-0.4, -0.2) is 55.6 Å². The van der Waals surface area contributed by atoms with Gasteiger partial charge < -0.3 is 10.2 Å². The Labute approximate surface area is 135 Å². The van der Waals surface area contributed by atoms with Crippen molar-refractivity contribution < 1.29 is 8.42 Å². The number of nitrogens with one attached hydrogen (secondary N) is 1. The molecule has 1 aromatic rings. The van der Waals surface area contributed by atoms with Gasteiger partial charge in [0.2, 0.25) is 0 Å². The Bertz CT molecular complexity index is 655. The van der Waals surface area contributed by atoms with Crippen molar-refractivity contribution in [3.8, 4) is 0 Å². The molecule has 0 aliphatic carbocycles. The van der Waals surface area contributed by atoms with E-state index in [-0.39, 0.29) is 11.8 Å². The largest absolute Gasteiger partial charge is 0.356 e. The van der Waals surface area contributed by atoms with Crippen LogP contribution in [0.25, 0.3) is 0 Å². The molecule has 6 nitrogen and oxygen atoms in total. The van der Waals surface area contributed by atoms with E-state index in [9.17, 15) is 8.42 Å². The summed E-state index contributed by atoms with van der Waals surface area (Å²) in [4.78, 5) is 11.0. The molecule has 1 N–H and O–H groups in total. The van der Waals surface area contributed by atoms with E-state index in [0.29, 0.717) is 6.04 Å². The number of hydrogen-bond acceptors (Lipinski definition) is 7. The van der Waals surface area contributed by atoms with Crippen LogP contribution in [0, 0.1) is 0 Å². The Balaban J connectivity index is 1.53. The van der Waals surface area contributed by atoms with E-state index in [0.717, 1.165) is 36.9 Å². The van der Waals surface area contributed by atoms with Crippen molar-refractivity contribution in [3.05, 3.63) is 23.7 Å². The number of sulfone groups is 1. The molecule has 3 heterocycles. The molecule has 0 aromatic carbocycles. The maximum atomic E-state index is 11.4. The smallest absolute Gasteiger partial charge is 0.189 e. The van der Waals surface area contributed by atoms with E-state index in [2.05, 4.69) is 20.2 Å². The van der Waals surface area contributed by atoms with Crippen LogP contribution in [0.1, 0.15) is 12.8 Å². The van der Waals surface area contributed by atoms with Gasteiger partial charge in [-0.05, 0) is 25.2 Å². The van der Waals surface area contributed by atoms with Gasteiger partial charge in [0.05, 0.1) is 5.75 Å². The molecular formula is C14H20N4O2S2. The molecule has 0 radical (unpaired) electrons. The molecule has 1 fully saturated rings. The maximum absolute atomic E-state index is 11.4. The fraction of sp³-hybridized carbons (Fsp3) is 0.571. The molecule has 1 saturated heterocycles. The zero-order chi connectivity index (χ0) is 15.6. The first-order valence-electron chi connectivity index (χ1n) is 7.35. The minimum absolute atomic E-state index is 0.0382. The average Bonchev–Trinajstić information content (AvgIpc) is 2.87. The van der Waals surface area contributed by atoms with E-state index < -0.39 is 9.84 Å². The normalized spacial score (nSPS) is 24.8. The van der Waals surface area contributed by atoms with Crippen LogP contribution in [0.3, 0.4) is 0 Å². The minimum atomic E-state index is -2.98. The van der Waals surface area contributed by atoms with E-state index in [1.165, 1.54) is 5.41 Å². The molecule has 0 amide bonds. The van der Waals surface area contributed by atoms with E-state index >= 15 is 0 Å². The lowest BCUT2D eigenvalue weighted by Gasteiger charge is -2.34. The van der Waals surface area contributed by atoms with Crippen molar-refractivity contribution in [2.45, 2.75) is 30.1 Å². The standard InChI is InChI=1S/C14H20N4O2S2/c1-21-14-15-6-2-13(17-14)18-7-3-11(4-8-18)16-12-5-9-22(19,20)10-12/h2,5-6,9,11-12,16H,3-4,7-8,10H2,1H3/t12-/m1/s1. The highest BCUT2D eigenvalue weighted by atomic mass is 32.2. The molecule has 0 bridgehead atoms. The molecular weight excluding hydrogens is 320 g/mol. The van der Waals surface area contributed by atoms with E-state index in [1.807, 2.05) is 12.3 Å². The average molecular weight is 340 g/mol. The van der Waals surface area contributed by atoms with E-state index in [4.69, 9.17) is 0 Å². The summed E-state index contributed by atoms with van der Waals surface area (Å²) in [7, 11) is -2.98. The quantitative estimate of drug-likeness (QED) is 0.649. The molecule has 120 valence electrons. The Morgan fingerprint density at radius 2 is 2.14 bits per heavy atom. The summed E-state index contributed by atoms with van der Waals surface area (Å²) in [6.07, 6.45) is 7.51. The van der Waals surface area contributed by atoms with Crippen molar-refractivity contribution in [2.24, 2.45) is 0 Å². The van der Waals surface area contributed by atoms with Gasteiger partial charge in [-0.15, -0.1) is 0 Å². The summed E-state index contributed by atoms with van der Waals surface area (Å²) in [6, 6.07) is 2.27. The second-order valence-corrected chi connectivity index (χ2v) is 8.30. The van der Waals surface area contributed by atoms with Crippen LogP contribution < -0.4 is 10.2 Å². The van der Waals surface area contributed by atoms with E-state index in [1.54, 1.807) is 24.0 Å². The van der Waals surface area contributed by atoms with Gasteiger partial charge in [0, 0.05) is 36.8 Å². The first-order chi connectivity index (χ1) is 10.6. The molecule has 1 aromatic heterocycles. The second-order valence-electron chi connectivity index (χ2n) is 5.59. The highest BCUT2D eigenvalue weighted by Gasteiger charge is 2.26. The summed E-state index contributed by atoms with van der Waals surface area (Å²) < 4.78 is 22.9. The molecule has 22 heavy (non-hydrogen) atoms. The topological polar surface area (TPSA) is 75.2 Å². The lowest BCUT2D eigenvalue weighted by Crippen LogP contribution is -2.46. The van der Waals surface area contributed by atoms with Crippen molar-refractivity contribution in [1.29, 1.82) is 0 Å². The highest BCUT2D eigenvalue weighted by Crippen LogP contribution is 2.20. The first-order valence-corrected chi connectivity index (χ1v) is 10.3. The van der Waals surface area contributed by atoms with Crippen LogP contribution >= 0.6 is 11.8 Å². The number of rotatable bonds is 4. The fourth-order valence-corrected chi connectivity index (χ4v) is 4.46. The van der Waals surface area contributed by atoms with Gasteiger partial charge in [0.1, 0.15) is 5.82 Å². The number of anilines is 1. The fourth-order valence-electron chi connectivity index (χ4n) is 2.86. The third-order valence-electron chi connectivity index (χ3n) is 4.00. The van der Waals surface area contributed by atoms with Crippen molar-refractivity contribution >= 4 is 27.4 Å². The summed E-state index contributed by atoms with van der Waals surface area (Å²) in [6.45, 7) is 1.84. The zero-order valence-corrected chi connectivity index (χ0v) is 14.1. The van der Waals surface area contributed by atoms with Gasteiger partial charge in [-0.25, -0.2) is 18.4 Å². The molecule has 8 heteroatoms. The number of nitrogens with zero attached hydrogens (tertiary/aromatic N) is 3. The molecule has 0 saturated carbocycles. The summed E-state index contributed by atoms with van der Waals surface area (Å²) in [5, 5.41) is 5.55. The van der Waals surface area contributed by atoms with Crippen molar-refractivity contribution in [2.75, 3.05) is 30.0 Å². The van der Waals surface area contributed by atoms with Gasteiger partial charge in [-0.2, -0.15) is 0 Å². The SMILES string of the molecule is CSc1nccc(N2CCC(N[C@@H]3C=CS(=O)(=O)C3)CC2)n1. The van der Waals surface area contributed by atoms with Gasteiger partial charge in [0.15, 0.2) is 15.0 Å². The van der Waals surface area contributed by atoms with Crippen LogP contribution in [0.2, 0.25) is 0 Å². The lowest BCUT2D eigenvalue weighted by molar-refractivity contribution is 0.400. The predicted octanol–water partition coefficient (Wildman–Crippen LogP) is 1.07. The predicted molar refractivity (Wildman–Crippen MR) is 88.9 cm³/mol. The molecule has 3 rings (SSSR count). The minimum Gasteiger partial charge on any atom is -0.356 e. The number of thioether (sulfide) groups is 1. The Kier molecular flexibility index (Phi) is 4.70. The van der Waals surface area contributed by atoms with Crippen LogP contribution in [0.5, 0.6) is 0 Å². The number of hydrogen-bond donors (Lipinski definition) is 1. The van der Waals surface area contributed by atoms with Crippen molar-refractivity contribution in [3.63, 3.8) is 0 Å². The molecule has 0 unspecified atom stereocenters. The highest BCUT2D eigenvalue weighted by molar-refractivity contribution is 7.98. The summed E-state index contributed by atoms with van der Waals surface area (Å²) in [5.74, 6) is 1.16. The van der Waals surface area contributed by atoms with Gasteiger partial charge in [-0.1, -0.05) is 17.8 Å². The summed E-state index contributed by atoms with van der Waals surface area (Å²) in [5.41, 5.74) is 0. The number of aromatic nitrogens is 2. The Hall–Kier alpha value is -1.12. The van der Waals surface area contributed by atoms with Crippen molar-refractivity contribution in [1.82, 2.24) is 15.3 Å². The number of piperidine rings is 1. The molecule has 2 aliphatic heterocycles. The van der Waals surface area contributed by atoms with Crippen LogP contribution in [-0.2, 0) is 9.84 Å². The monoisotopic (exact) mass is 340 g/mol. The molecule has 0 spiro atoms. The summed E-state index contributed by atoms with van der Waals surface area (Å²) >= 11 is 1.54. The molecule has 2 aliphatic rings. The zero-order valence-electron chi connectivity index (χ0n) is 12.5. The second kappa shape index (κ2) is 6.55. The van der Waals surface area contributed by atoms with Gasteiger partial charge in [-0.3, -0.25) is 0 Å². The Morgan fingerprint density at radius 1 is 1.36 bits per heavy atom. The third kappa shape index (κ3) is 3.80. The van der Waals surface area contributed by atoms with Gasteiger partial charge in [0.25, 0.3) is 0 Å².